The SMILES string of the molecule is CCOC(=O)[C@@H](C)Oc1ccc(NO)c(I)c1. The lowest BCUT2D eigenvalue weighted by Gasteiger charge is -2.14. The first-order valence-electron chi connectivity index (χ1n) is 5.11. The number of nitrogens with one attached hydrogen (secondary N) is 1. The predicted octanol–water partition coefficient (Wildman–Crippen LogP) is 2.42. The Morgan fingerprint density at radius 1 is 1.59 bits per heavy atom. The van der Waals surface area contributed by atoms with Gasteiger partial charge < -0.3 is 9.47 Å². The average molecular weight is 351 g/mol. The van der Waals surface area contributed by atoms with E-state index < -0.39 is 12.1 Å². The summed E-state index contributed by atoms with van der Waals surface area (Å²) in [4.78, 5) is 11.4. The molecule has 0 saturated carbocycles. The second kappa shape index (κ2) is 6.65. The normalized spacial score (nSPS) is 11.8. The Kier molecular flexibility index (Phi) is 5.49. The number of ether oxygens (including phenoxy) is 2. The highest BCUT2D eigenvalue weighted by Crippen LogP contribution is 2.24. The molecule has 0 aliphatic heterocycles. The zero-order valence-corrected chi connectivity index (χ0v) is 11.7. The van der Waals surface area contributed by atoms with Crippen LogP contribution < -0.4 is 10.2 Å². The zero-order chi connectivity index (χ0) is 12.8. The van der Waals surface area contributed by atoms with Crippen LogP contribution in [-0.2, 0) is 9.53 Å². The van der Waals surface area contributed by atoms with Crippen LogP contribution in [0.3, 0.4) is 0 Å². The molecule has 0 bridgehead atoms. The summed E-state index contributed by atoms with van der Waals surface area (Å²) < 4.78 is 11.0. The van der Waals surface area contributed by atoms with Gasteiger partial charge in [0, 0.05) is 3.57 Å². The molecule has 0 spiro atoms. The van der Waals surface area contributed by atoms with Gasteiger partial charge in [-0.1, -0.05) is 0 Å². The molecule has 5 nitrogen and oxygen atoms in total. The summed E-state index contributed by atoms with van der Waals surface area (Å²) in [7, 11) is 0. The Morgan fingerprint density at radius 3 is 2.82 bits per heavy atom. The summed E-state index contributed by atoms with van der Waals surface area (Å²) in [6, 6.07) is 5.04. The largest absolute Gasteiger partial charge is 0.479 e. The molecule has 0 aliphatic rings. The average Bonchev–Trinajstić information content (AvgIpc) is 2.29. The van der Waals surface area contributed by atoms with Crippen LogP contribution in [0.15, 0.2) is 18.2 Å². The molecule has 0 unspecified atom stereocenters. The van der Waals surface area contributed by atoms with E-state index in [1.54, 1.807) is 32.0 Å². The third-order valence-corrected chi connectivity index (χ3v) is 2.88. The number of halogens is 1. The third kappa shape index (κ3) is 4.04. The maximum Gasteiger partial charge on any atom is 0.347 e. The fourth-order valence-electron chi connectivity index (χ4n) is 1.17. The number of hydrogen-bond acceptors (Lipinski definition) is 5. The molecule has 2 N–H and O–H groups in total. The Bertz CT molecular complexity index is 397. The van der Waals surface area contributed by atoms with Gasteiger partial charge in [0.25, 0.3) is 0 Å². The Labute approximate surface area is 113 Å². The lowest BCUT2D eigenvalue weighted by Crippen LogP contribution is -2.26. The summed E-state index contributed by atoms with van der Waals surface area (Å²) in [5, 5.41) is 8.78. The van der Waals surface area contributed by atoms with E-state index in [0.29, 0.717) is 18.0 Å². The molecule has 0 amide bonds. The van der Waals surface area contributed by atoms with Crippen molar-refractivity contribution in [1.82, 2.24) is 0 Å². The van der Waals surface area contributed by atoms with Crippen LogP contribution in [0, 0.1) is 3.57 Å². The van der Waals surface area contributed by atoms with Crippen LogP contribution >= 0.6 is 22.6 Å². The summed E-state index contributed by atoms with van der Waals surface area (Å²) in [6.07, 6.45) is -0.654. The van der Waals surface area contributed by atoms with Crippen molar-refractivity contribution in [1.29, 1.82) is 0 Å². The van der Waals surface area contributed by atoms with Gasteiger partial charge in [0.1, 0.15) is 5.75 Å². The smallest absolute Gasteiger partial charge is 0.347 e. The van der Waals surface area contributed by atoms with Crippen molar-refractivity contribution in [3.63, 3.8) is 0 Å². The first-order chi connectivity index (χ1) is 8.08. The number of esters is 1. The van der Waals surface area contributed by atoms with Crippen LogP contribution in [0.2, 0.25) is 0 Å². The molecular weight excluding hydrogens is 337 g/mol. The number of rotatable bonds is 5. The van der Waals surface area contributed by atoms with Crippen molar-refractivity contribution in [2.24, 2.45) is 0 Å². The van der Waals surface area contributed by atoms with Gasteiger partial charge >= 0.3 is 5.97 Å². The van der Waals surface area contributed by atoms with Gasteiger partial charge in [-0.05, 0) is 54.6 Å². The predicted molar refractivity (Wildman–Crippen MR) is 71.3 cm³/mol. The van der Waals surface area contributed by atoms with E-state index in [2.05, 4.69) is 5.48 Å². The highest BCUT2D eigenvalue weighted by Gasteiger charge is 2.15. The molecule has 0 fully saturated rings. The van der Waals surface area contributed by atoms with Crippen LogP contribution in [-0.4, -0.2) is 23.9 Å². The van der Waals surface area contributed by atoms with E-state index in [1.165, 1.54) is 0 Å². The third-order valence-electron chi connectivity index (χ3n) is 1.99. The van der Waals surface area contributed by atoms with Gasteiger partial charge in [0.15, 0.2) is 6.10 Å². The van der Waals surface area contributed by atoms with Crippen LogP contribution in [0.1, 0.15) is 13.8 Å². The van der Waals surface area contributed by atoms with Crippen molar-refractivity contribution in [2.75, 3.05) is 12.1 Å². The van der Waals surface area contributed by atoms with Crippen molar-refractivity contribution in [2.45, 2.75) is 20.0 Å². The highest BCUT2D eigenvalue weighted by molar-refractivity contribution is 14.1. The fourth-order valence-corrected chi connectivity index (χ4v) is 1.78. The molecule has 0 aromatic heterocycles. The van der Waals surface area contributed by atoms with E-state index in [0.717, 1.165) is 3.57 Å². The number of carbonyl (C=O) groups is 1. The molecule has 6 heteroatoms. The second-order valence-electron chi connectivity index (χ2n) is 3.27. The molecule has 94 valence electrons. The van der Waals surface area contributed by atoms with Crippen LogP contribution in [0.5, 0.6) is 5.75 Å². The lowest BCUT2D eigenvalue weighted by atomic mass is 10.3. The maximum atomic E-state index is 11.4. The Morgan fingerprint density at radius 2 is 2.29 bits per heavy atom. The van der Waals surface area contributed by atoms with E-state index in [4.69, 9.17) is 14.7 Å². The molecule has 0 saturated heterocycles. The number of hydrogen-bond donors (Lipinski definition) is 2. The molecule has 0 radical (unpaired) electrons. The molecular formula is C11H14INO4. The van der Waals surface area contributed by atoms with E-state index in [9.17, 15) is 4.79 Å². The molecule has 1 aromatic rings. The Hall–Kier alpha value is -1.02. The van der Waals surface area contributed by atoms with E-state index in [1.807, 2.05) is 22.6 Å². The van der Waals surface area contributed by atoms with Crippen molar-refractivity contribution >= 4 is 34.2 Å². The Balaban J connectivity index is 2.68. The van der Waals surface area contributed by atoms with E-state index >= 15 is 0 Å². The molecule has 0 heterocycles. The van der Waals surface area contributed by atoms with Crippen molar-refractivity contribution in [3.05, 3.63) is 21.8 Å². The van der Waals surface area contributed by atoms with Gasteiger partial charge in [-0.2, -0.15) is 0 Å². The number of anilines is 1. The van der Waals surface area contributed by atoms with Gasteiger partial charge in [-0.3, -0.25) is 10.7 Å². The van der Waals surface area contributed by atoms with Crippen molar-refractivity contribution in [3.8, 4) is 5.75 Å². The van der Waals surface area contributed by atoms with Gasteiger partial charge in [-0.15, -0.1) is 0 Å². The first-order valence-corrected chi connectivity index (χ1v) is 6.19. The minimum atomic E-state index is -0.654. The molecule has 1 aromatic carbocycles. The monoisotopic (exact) mass is 351 g/mol. The van der Waals surface area contributed by atoms with Crippen LogP contribution in [0.25, 0.3) is 0 Å². The van der Waals surface area contributed by atoms with Gasteiger partial charge in [-0.25, -0.2) is 4.79 Å². The van der Waals surface area contributed by atoms with Crippen molar-refractivity contribution < 1.29 is 19.5 Å². The van der Waals surface area contributed by atoms with Gasteiger partial charge in [0.2, 0.25) is 0 Å². The van der Waals surface area contributed by atoms with E-state index in [-0.39, 0.29) is 0 Å². The minimum absolute atomic E-state index is 0.331. The topological polar surface area (TPSA) is 67.8 Å². The van der Waals surface area contributed by atoms with Crippen LogP contribution in [0.4, 0.5) is 5.69 Å². The highest BCUT2D eigenvalue weighted by atomic mass is 127. The quantitative estimate of drug-likeness (QED) is 0.485. The van der Waals surface area contributed by atoms with Gasteiger partial charge in [0.05, 0.1) is 12.3 Å². The summed E-state index contributed by atoms with van der Waals surface area (Å²) in [5.74, 6) is 0.154. The molecule has 1 atom stereocenters. The lowest BCUT2D eigenvalue weighted by molar-refractivity contribution is -0.150. The summed E-state index contributed by atoms with van der Waals surface area (Å²) >= 11 is 2.05. The minimum Gasteiger partial charge on any atom is -0.479 e. The first kappa shape index (κ1) is 14.0. The number of carbonyl (C=O) groups excluding carboxylic acids is 1. The molecule has 1 rings (SSSR count). The number of benzene rings is 1. The molecule has 17 heavy (non-hydrogen) atoms. The summed E-state index contributed by atoms with van der Waals surface area (Å²) in [5.41, 5.74) is 2.65. The summed E-state index contributed by atoms with van der Waals surface area (Å²) in [6.45, 7) is 3.70. The second-order valence-corrected chi connectivity index (χ2v) is 4.43. The maximum absolute atomic E-state index is 11.4. The fraction of sp³-hybridized carbons (Fsp3) is 0.364. The molecule has 0 aliphatic carbocycles. The zero-order valence-electron chi connectivity index (χ0n) is 9.57. The standard InChI is InChI=1S/C11H14INO4/c1-3-16-11(14)7(2)17-8-4-5-10(13-15)9(12)6-8/h4-7,13,15H,3H2,1-2H3/t7-/m1/s1.